The predicted molar refractivity (Wildman–Crippen MR) is 147 cm³/mol. The molecule has 0 saturated carbocycles. The molecule has 196 valence electrons. The van der Waals surface area contributed by atoms with Crippen molar-refractivity contribution in [1.29, 1.82) is 0 Å². The number of nitrogens with one attached hydrogen (secondary N) is 1. The molecule has 37 heavy (non-hydrogen) atoms. The molecule has 3 aromatic carbocycles. The van der Waals surface area contributed by atoms with E-state index in [9.17, 15) is 18.0 Å². The summed E-state index contributed by atoms with van der Waals surface area (Å²) in [6.07, 6.45) is 1.29. The number of sulfonamides is 1. The molecule has 0 aliphatic rings. The van der Waals surface area contributed by atoms with Gasteiger partial charge in [0.2, 0.25) is 11.8 Å². The van der Waals surface area contributed by atoms with Gasteiger partial charge in [0.15, 0.2) is 0 Å². The van der Waals surface area contributed by atoms with Crippen LogP contribution in [-0.4, -0.2) is 50.3 Å². The Bertz CT molecular complexity index is 1250. The van der Waals surface area contributed by atoms with Crippen molar-refractivity contribution in [1.82, 2.24) is 10.2 Å². The summed E-state index contributed by atoms with van der Waals surface area (Å²) in [6.45, 7) is 5.40. The topological polar surface area (TPSA) is 86.8 Å². The molecule has 0 aliphatic carbocycles. The first-order valence-corrected chi connectivity index (χ1v) is 13.9. The summed E-state index contributed by atoms with van der Waals surface area (Å²) < 4.78 is 28.4. The minimum atomic E-state index is -4.03. The van der Waals surface area contributed by atoms with E-state index in [-0.39, 0.29) is 23.4 Å². The Labute approximate surface area is 220 Å². The van der Waals surface area contributed by atoms with Crippen molar-refractivity contribution in [3.8, 4) is 0 Å². The molecule has 7 nitrogen and oxygen atoms in total. The van der Waals surface area contributed by atoms with Gasteiger partial charge in [-0.3, -0.25) is 13.9 Å². The number of para-hydroxylation sites is 1. The van der Waals surface area contributed by atoms with Crippen LogP contribution < -0.4 is 9.62 Å². The molecule has 0 spiro atoms. The van der Waals surface area contributed by atoms with Crippen molar-refractivity contribution >= 4 is 27.5 Å². The maximum absolute atomic E-state index is 13.8. The summed E-state index contributed by atoms with van der Waals surface area (Å²) in [5, 5.41) is 2.94. The van der Waals surface area contributed by atoms with Crippen LogP contribution in [-0.2, 0) is 26.0 Å². The fourth-order valence-electron chi connectivity index (χ4n) is 3.88. The highest BCUT2D eigenvalue weighted by Gasteiger charge is 2.32. The maximum atomic E-state index is 13.8. The predicted octanol–water partition coefficient (Wildman–Crippen LogP) is 4.26. The highest BCUT2D eigenvalue weighted by atomic mass is 32.2. The number of hydrogen-bond donors (Lipinski definition) is 1. The lowest BCUT2D eigenvalue weighted by Crippen LogP contribution is -2.53. The van der Waals surface area contributed by atoms with Gasteiger partial charge in [0.05, 0.1) is 10.6 Å². The minimum Gasteiger partial charge on any atom is -0.352 e. The van der Waals surface area contributed by atoms with E-state index in [1.54, 1.807) is 55.5 Å². The zero-order valence-electron chi connectivity index (χ0n) is 21.6. The van der Waals surface area contributed by atoms with E-state index in [1.807, 2.05) is 44.2 Å². The van der Waals surface area contributed by atoms with Gasteiger partial charge in [0.1, 0.15) is 12.6 Å². The third-order valence-corrected chi connectivity index (χ3v) is 8.09. The molecule has 0 fully saturated rings. The molecular formula is C29H35N3O4S. The molecule has 0 radical (unpaired) electrons. The van der Waals surface area contributed by atoms with Gasteiger partial charge in [-0.1, -0.05) is 73.7 Å². The number of rotatable bonds is 12. The molecule has 0 saturated heterocycles. The van der Waals surface area contributed by atoms with Crippen LogP contribution in [0.5, 0.6) is 0 Å². The number of nitrogens with zero attached hydrogens (tertiary/aromatic N) is 2. The molecule has 3 rings (SSSR count). The summed E-state index contributed by atoms with van der Waals surface area (Å²) in [6, 6.07) is 25.4. The van der Waals surface area contributed by atoms with Gasteiger partial charge in [0, 0.05) is 12.6 Å². The number of carbonyl (C=O) groups excluding carboxylic acids is 2. The first-order valence-electron chi connectivity index (χ1n) is 12.5. The molecular weight excluding hydrogens is 486 g/mol. The van der Waals surface area contributed by atoms with Crippen molar-refractivity contribution in [3.63, 3.8) is 0 Å². The molecule has 2 amide bonds. The van der Waals surface area contributed by atoms with Crippen LogP contribution >= 0.6 is 0 Å². The van der Waals surface area contributed by atoms with Crippen LogP contribution in [0.1, 0.15) is 32.8 Å². The molecule has 0 aromatic heterocycles. The Kier molecular flexibility index (Phi) is 9.85. The summed E-state index contributed by atoms with van der Waals surface area (Å²) >= 11 is 0. The molecule has 0 aliphatic heterocycles. The largest absolute Gasteiger partial charge is 0.352 e. The zero-order valence-corrected chi connectivity index (χ0v) is 22.4. The number of carbonyl (C=O) groups is 2. The lowest BCUT2D eigenvalue weighted by Gasteiger charge is -2.32. The van der Waals surface area contributed by atoms with Crippen molar-refractivity contribution in [2.75, 3.05) is 17.4 Å². The lowest BCUT2D eigenvalue weighted by atomic mass is 10.1. The quantitative estimate of drug-likeness (QED) is 0.386. The molecule has 3 aromatic rings. The number of benzene rings is 3. The monoisotopic (exact) mass is 521 g/mol. The van der Waals surface area contributed by atoms with Gasteiger partial charge in [-0.15, -0.1) is 0 Å². The molecule has 2 atom stereocenters. The highest BCUT2D eigenvalue weighted by Crippen LogP contribution is 2.24. The van der Waals surface area contributed by atoms with Crippen LogP contribution in [0.2, 0.25) is 0 Å². The molecule has 0 bridgehead atoms. The van der Waals surface area contributed by atoms with Gasteiger partial charge in [0.25, 0.3) is 10.0 Å². The summed E-state index contributed by atoms with van der Waals surface area (Å²) in [7, 11) is -4.03. The van der Waals surface area contributed by atoms with Gasteiger partial charge < -0.3 is 10.2 Å². The fraction of sp³-hybridized carbons (Fsp3) is 0.310. The zero-order chi connectivity index (χ0) is 26.8. The first-order chi connectivity index (χ1) is 17.7. The molecule has 0 unspecified atom stereocenters. The highest BCUT2D eigenvalue weighted by molar-refractivity contribution is 7.92. The molecule has 0 heterocycles. The average molecular weight is 522 g/mol. The van der Waals surface area contributed by atoms with Crippen LogP contribution in [0.4, 0.5) is 5.69 Å². The van der Waals surface area contributed by atoms with E-state index in [2.05, 4.69) is 5.32 Å². The number of anilines is 1. The average Bonchev–Trinajstić information content (AvgIpc) is 2.93. The van der Waals surface area contributed by atoms with Crippen LogP contribution in [0.15, 0.2) is 95.9 Å². The Hall–Kier alpha value is -3.65. The Balaban J connectivity index is 1.93. The molecule has 1 N–H and O–H groups in total. The second-order valence-corrected chi connectivity index (χ2v) is 10.8. The standard InChI is InChI=1S/C29H35N3O4S/c1-4-23(2)30-29(34)24(3)31(21-20-25-14-8-5-9-15-25)28(33)22-32(26-16-10-6-11-17-26)37(35,36)27-18-12-7-13-19-27/h5-19,23-24H,4,20-22H2,1-3H3,(H,30,34)/t23-,24+/m0/s1. The smallest absolute Gasteiger partial charge is 0.264 e. The number of amides is 2. The van der Waals surface area contributed by atoms with E-state index >= 15 is 0 Å². The third kappa shape index (κ3) is 7.43. The van der Waals surface area contributed by atoms with Crippen molar-refractivity contribution in [3.05, 3.63) is 96.6 Å². The summed E-state index contributed by atoms with van der Waals surface area (Å²) in [5.41, 5.74) is 1.39. The second-order valence-electron chi connectivity index (χ2n) is 8.98. The maximum Gasteiger partial charge on any atom is 0.264 e. The van der Waals surface area contributed by atoms with Crippen LogP contribution in [0, 0.1) is 0 Å². The third-order valence-electron chi connectivity index (χ3n) is 6.31. The summed E-state index contributed by atoms with van der Waals surface area (Å²) in [4.78, 5) is 28.3. The summed E-state index contributed by atoms with van der Waals surface area (Å²) in [5.74, 6) is -0.723. The van der Waals surface area contributed by atoms with E-state index in [0.29, 0.717) is 12.1 Å². The van der Waals surface area contributed by atoms with Crippen molar-refractivity contribution in [2.45, 2.75) is 50.6 Å². The van der Waals surface area contributed by atoms with E-state index < -0.39 is 28.5 Å². The van der Waals surface area contributed by atoms with Gasteiger partial charge in [-0.25, -0.2) is 8.42 Å². The number of hydrogen-bond acceptors (Lipinski definition) is 4. The van der Waals surface area contributed by atoms with E-state index in [4.69, 9.17) is 0 Å². The van der Waals surface area contributed by atoms with Crippen molar-refractivity contribution in [2.24, 2.45) is 0 Å². The van der Waals surface area contributed by atoms with Gasteiger partial charge in [-0.05, 0) is 56.5 Å². The Morgan fingerprint density at radius 2 is 1.38 bits per heavy atom. The second kappa shape index (κ2) is 13.1. The van der Waals surface area contributed by atoms with Crippen LogP contribution in [0.3, 0.4) is 0 Å². The van der Waals surface area contributed by atoms with Crippen molar-refractivity contribution < 1.29 is 18.0 Å². The molecule has 8 heteroatoms. The Morgan fingerprint density at radius 1 is 0.838 bits per heavy atom. The van der Waals surface area contributed by atoms with Gasteiger partial charge in [-0.2, -0.15) is 0 Å². The lowest BCUT2D eigenvalue weighted by molar-refractivity contribution is -0.139. The SMILES string of the molecule is CC[C@H](C)NC(=O)[C@@H](C)N(CCc1ccccc1)C(=O)CN(c1ccccc1)S(=O)(=O)c1ccccc1. The van der Waals surface area contributed by atoms with Gasteiger partial charge >= 0.3 is 0 Å². The fourth-order valence-corrected chi connectivity index (χ4v) is 5.31. The van der Waals surface area contributed by atoms with Crippen LogP contribution in [0.25, 0.3) is 0 Å². The Morgan fingerprint density at radius 3 is 1.95 bits per heavy atom. The van der Waals surface area contributed by atoms with E-state index in [1.165, 1.54) is 17.0 Å². The van der Waals surface area contributed by atoms with E-state index in [0.717, 1.165) is 16.3 Å². The normalized spacial score (nSPS) is 12.8. The minimum absolute atomic E-state index is 0.0414. The first kappa shape index (κ1) is 27.9.